The maximum atomic E-state index is 14.3. The van der Waals surface area contributed by atoms with E-state index in [9.17, 15) is 4.57 Å². The summed E-state index contributed by atoms with van der Waals surface area (Å²) in [5.41, 5.74) is 1.71. The molecule has 0 aliphatic rings. The highest BCUT2D eigenvalue weighted by molar-refractivity contribution is 7.85. The minimum absolute atomic E-state index is 0.796. The molecule has 0 N–H and O–H groups in total. The molecule has 0 radical (unpaired) electrons. The second-order valence-electron chi connectivity index (χ2n) is 6.05. The Bertz CT molecular complexity index is 871. The van der Waals surface area contributed by atoms with Gasteiger partial charge in [-0.25, -0.2) is 0 Å². The van der Waals surface area contributed by atoms with Crippen molar-refractivity contribution in [2.75, 3.05) is 14.1 Å². The van der Waals surface area contributed by atoms with Gasteiger partial charge in [0, 0.05) is 31.8 Å². The Morgan fingerprint density at radius 1 is 0.880 bits per heavy atom. The fourth-order valence-corrected chi connectivity index (χ4v) is 5.66. The fraction of sp³-hybridized carbons (Fsp3) is 0.150. The van der Waals surface area contributed by atoms with Crippen LogP contribution in [0, 0.1) is 0 Å². The summed E-state index contributed by atoms with van der Waals surface area (Å²) in [7, 11) is 2.73. The lowest BCUT2D eigenvalue weighted by Crippen LogP contribution is -2.29. The zero-order chi connectivity index (χ0) is 17.9. The van der Waals surface area contributed by atoms with Gasteiger partial charge in [0.15, 0.2) is 7.14 Å². The lowest BCUT2D eigenvalue weighted by Gasteiger charge is -2.20. The maximum absolute atomic E-state index is 14.3. The summed E-state index contributed by atoms with van der Waals surface area (Å²) in [5, 5.41) is 7.69. The van der Waals surface area contributed by atoms with Crippen molar-refractivity contribution >= 4 is 29.4 Å². The second-order valence-corrected chi connectivity index (χ2v) is 8.76. The van der Waals surface area contributed by atoms with Crippen molar-refractivity contribution in [1.29, 1.82) is 0 Å². The van der Waals surface area contributed by atoms with Crippen LogP contribution in [0.2, 0.25) is 0 Å². The average molecular weight is 351 g/mol. The van der Waals surface area contributed by atoms with Gasteiger partial charge < -0.3 is 14.1 Å². The smallest absolute Gasteiger partial charge is 0.186 e. The molecule has 5 heteroatoms. The van der Waals surface area contributed by atoms with Crippen LogP contribution < -0.4 is 16.0 Å². The highest BCUT2D eigenvalue weighted by Crippen LogP contribution is 2.42. The molecule has 0 atom stereocenters. The van der Waals surface area contributed by atoms with Crippen molar-refractivity contribution in [2.45, 2.75) is 0 Å². The minimum Gasteiger partial charge on any atom is -0.340 e. The molecule has 0 bridgehead atoms. The van der Waals surface area contributed by atoms with E-state index in [1.54, 1.807) is 11.2 Å². The summed E-state index contributed by atoms with van der Waals surface area (Å²) in [6, 6.07) is 23.3. The van der Waals surface area contributed by atoms with E-state index in [-0.39, 0.29) is 0 Å². The van der Waals surface area contributed by atoms with Gasteiger partial charge in [0.25, 0.3) is 0 Å². The van der Waals surface area contributed by atoms with Crippen molar-refractivity contribution < 1.29 is 4.57 Å². The van der Waals surface area contributed by atoms with Crippen LogP contribution in [0.15, 0.2) is 77.9 Å². The summed E-state index contributed by atoms with van der Waals surface area (Å²) in [6.07, 6.45) is 1.78. The lowest BCUT2D eigenvalue weighted by molar-refractivity contribution is 0.440. The van der Waals surface area contributed by atoms with Crippen molar-refractivity contribution in [1.82, 2.24) is 9.58 Å². The van der Waals surface area contributed by atoms with Gasteiger partial charge in [0.05, 0.1) is 17.3 Å². The monoisotopic (exact) mass is 351 g/mol. The Morgan fingerprint density at radius 2 is 1.40 bits per heavy atom. The highest BCUT2D eigenvalue weighted by Gasteiger charge is 2.32. The molecule has 0 fully saturated rings. The van der Waals surface area contributed by atoms with E-state index in [2.05, 4.69) is 5.10 Å². The predicted octanol–water partition coefficient (Wildman–Crippen LogP) is 2.56. The van der Waals surface area contributed by atoms with Crippen molar-refractivity contribution in [2.24, 2.45) is 12.1 Å². The maximum Gasteiger partial charge on any atom is 0.186 e. The number of aromatic nitrogens is 1. The normalized spacial score (nSPS) is 11.8. The number of benzene rings is 2. The second kappa shape index (κ2) is 7.12. The van der Waals surface area contributed by atoms with Crippen molar-refractivity contribution in [3.8, 4) is 0 Å². The van der Waals surface area contributed by atoms with Gasteiger partial charge in [-0.2, -0.15) is 5.10 Å². The van der Waals surface area contributed by atoms with E-state index in [0.717, 1.165) is 21.7 Å². The molecule has 0 saturated carbocycles. The number of hydrogen-bond donors (Lipinski definition) is 0. The summed E-state index contributed by atoms with van der Waals surface area (Å²) < 4.78 is 16.3. The van der Waals surface area contributed by atoms with Gasteiger partial charge in [-0.15, -0.1) is 0 Å². The van der Waals surface area contributed by atoms with Gasteiger partial charge >= 0.3 is 0 Å². The molecule has 0 saturated heterocycles. The van der Waals surface area contributed by atoms with E-state index in [1.165, 1.54) is 0 Å². The number of hydrogen-bond acceptors (Lipinski definition) is 3. The van der Waals surface area contributed by atoms with E-state index in [4.69, 9.17) is 0 Å². The SMILES string of the molecule is CN(C)/N=C\c1ccc(P(=O)(c2ccccc2)c2ccccc2)n1C. The number of hydrazone groups is 1. The summed E-state index contributed by atoms with van der Waals surface area (Å²) in [5.74, 6) is 0. The third-order valence-electron chi connectivity index (χ3n) is 4.12. The summed E-state index contributed by atoms with van der Waals surface area (Å²) >= 11 is 0. The molecule has 3 rings (SSSR count). The first kappa shape index (κ1) is 17.2. The first-order valence-corrected chi connectivity index (χ1v) is 9.83. The fourth-order valence-electron chi connectivity index (χ4n) is 2.83. The summed E-state index contributed by atoms with van der Waals surface area (Å²) in [6.45, 7) is 0. The molecule has 128 valence electrons. The molecule has 0 spiro atoms. The summed E-state index contributed by atoms with van der Waals surface area (Å²) in [4.78, 5) is 0. The van der Waals surface area contributed by atoms with Gasteiger partial charge in [-0.1, -0.05) is 60.7 Å². The van der Waals surface area contributed by atoms with E-state index in [0.29, 0.717) is 0 Å². The molecular formula is C20H22N3OP. The van der Waals surface area contributed by atoms with Crippen LogP contribution in [0.3, 0.4) is 0 Å². The number of nitrogens with zero attached hydrogens (tertiary/aromatic N) is 3. The number of rotatable bonds is 5. The molecule has 3 aromatic rings. The zero-order valence-corrected chi connectivity index (χ0v) is 15.6. The molecular weight excluding hydrogens is 329 g/mol. The first-order chi connectivity index (χ1) is 12.0. The molecule has 0 amide bonds. The Kier molecular flexibility index (Phi) is 4.91. The Hall–Kier alpha value is -2.58. The molecule has 1 heterocycles. The van der Waals surface area contributed by atoms with E-state index >= 15 is 0 Å². The van der Waals surface area contributed by atoms with Crippen molar-refractivity contribution in [3.05, 3.63) is 78.5 Å². The lowest BCUT2D eigenvalue weighted by atomic mass is 10.4. The van der Waals surface area contributed by atoms with Crippen molar-refractivity contribution in [3.63, 3.8) is 0 Å². The van der Waals surface area contributed by atoms with Gasteiger partial charge in [0.1, 0.15) is 0 Å². The van der Waals surface area contributed by atoms with Gasteiger partial charge in [0.2, 0.25) is 0 Å². The topological polar surface area (TPSA) is 37.6 Å². The highest BCUT2D eigenvalue weighted by atomic mass is 31.2. The molecule has 2 aromatic carbocycles. The van der Waals surface area contributed by atoms with Crippen LogP contribution in [0.5, 0.6) is 0 Å². The van der Waals surface area contributed by atoms with Crippen LogP contribution in [0.25, 0.3) is 0 Å². The Morgan fingerprint density at radius 3 is 1.88 bits per heavy atom. The quantitative estimate of drug-likeness (QED) is 0.403. The third-order valence-corrected chi connectivity index (χ3v) is 7.26. The van der Waals surface area contributed by atoms with Crippen LogP contribution >= 0.6 is 7.14 Å². The molecule has 1 aromatic heterocycles. The molecule has 0 aliphatic heterocycles. The standard InChI is InChI=1S/C20H22N3OP/c1-22(2)21-16-17-14-15-20(23(17)3)25(24,18-10-6-4-7-11-18)19-12-8-5-9-13-19/h4-16H,1-3H3/b21-16-. The van der Waals surface area contributed by atoms with Crippen LogP contribution in [0.4, 0.5) is 0 Å². The van der Waals surface area contributed by atoms with Crippen LogP contribution in [-0.4, -0.2) is 29.9 Å². The molecule has 25 heavy (non-hydrogen) atoms. The molecule has 0 aliphatic carbocycles. The van der Waals surface area contributed by atoms with Crippen LogP contribution in [-0.2, 0) is 11.6 Å². The van der Waals surface area contributed by atoms with E-state index < -0.39 is 7.14 Å². The van der Waals surface area contributed by atoms with E-state index in [1.807, 2.05) is 98.5 Å². The molecule has 4 nitrogen and oxygen atoms in total. The average Bonchev–Trinajstić information content (AvgIpc) is 3.02. The van der Waals surface area contributed by atoms with Gasteiger partial charge in [-0.3, -0.25) is 0 Å². The van der Waals surface area contributed by atoms with Crippen LogP contribution in [0.1, 0.15) is 5.69 Å². The van der Waals surface area contributed by atoms with Gasteiger partial charge in [-0.05, 0) is 12.1 Å². The Balaban J connectivity index is 2.20. The largest absolute Gasteiger partial charge is 0.340 e. The Labute approximate surface area is 148 Å². The first-order valence-electron chi connectivity index (χ1n) is 8.12. The third kappa shape index (κ3) is 3.31. The zero-order valence-electron chi connectivity index (χ0n) is 14.7. The minimum atomic E-state index is -2.95. The molecule has 0 unspecified atom stereocenters. The predicted molar refractivity (Wildman–Crippen MR) is 106 cm³/mol.